The second kappa shape index (κ2) is 5.83. The van der Waals surface area contributed by atoms with Gasteiger partial charge in [0, 0.05) is 32.6 Å². The average molecular weight is 240 g/mol. The molecule has 1 aliphatic carbocycles. The smallest absolute Gasteiger partial charge is 0.217 e. The number of carbonyl (C=O) groups excluding carboxylic acids is 1. The molecular formula is C13H24N2O2. The molecule has 1 aliphatic heterocycles. The maximum atomic E-state index is 11.1. The maximum Gasteiger partial charge on any atom is 0.217 e. The number of carbonyl (C=O) groups is 1. The van der Waals surface area contributed by atoms with Gasteiger partial charge in [-0.3, -0.25) is 9.69 Å². The topological polar surface area (TPSA) is 52.6 Å². The first-order chi connectivity index (χ1) is 8.17. The Morgan fingerprint density at radius 2 is 2.12 bits per heavy atom. The number of nitrogens with one attached hydrogen (secondary N) is 1. The van der Waals surface area contributed by atoms with E-state index in [-0.39, 0.29) is 18.6 Å². The molecule has 0 aromatic rings. The van der Waals surface area contributed by atoms with Gasteiger partial charge in [-0.1, -0.05) is 12.8 Å². The normalized spacial score (nSPS) is 30.2. The van der Waals surface area contributed by atoms with Gasteiger partial charge in [-0.25, -0.2) is 0 Å². The molecule has 17 heavy (non-hydrogen) atoms. The van der Waals surface area contributed by atoms with Gasteiger partial charge in [0.1, 0.15) is 0 Å². The van der Waals surface area contributed by atoms with Crippen molar-refractivity contribution in [2.75, 3.05) is 26.2 Å². The van der Waals surface area contributed by atoms with Crippen molar-refractivity contribution >= 4 is 5.91 Å². The van der Waals surface area contributed by atoms with Crippen LogP contribution in [0.5, 0.6) is 0 Å². The Labute approximate surface area is 103 Å². The van der Waals surface area contributed by atoms with Gasteiger partial charge >= 0.3 is 0 Å². The second-order valence-corrected chi connectivity index (χ2v) is 5.66. The van der Waals surface area contributed by atoms with E-state index in [0.717, 1.165) is 32.0 Å². The number of likely N-dealkylation sites (tertiary alicyclic amines) is 1. The summed E-state index contributed by atoms with van der Waals surface area (Å²) >= 11 is 0. The van der Waals surface area contributed by atoms with E-state index in [1.54, 1.807) is 6.92 Å². The van der Waals surface area contributed by atoms with Crippen LogP contribution in [0.25, 0.3) is 0 Å². The summed E-state index contributed by atoms with van der Waals surface area (Å²) in [5.74, 6) is 1.69. The number of amides is 1. The number of piperidine rings is 1. The summed E-state index contributed by atoms with van der Waals surface area (Å²) in [6, 6.07) is 0.275. The molecule has 0 spiro atoms. The second-order valence-electron chi connectivity index (χ2n) is 5.66. The van der Waals surface area contributed by atoms with Crippen LogP contribution >= 0.6 is 0 Å². The predicted molar refractivity (Wildman–Crippen MR) is 66.6 cm³/mol. The Kier molecular flexibility index (Phi) is 4.40. The van der Waals surface area contributed by atoms with E-state index in [1.165, 1.54) is 19.3 Å². The Morgan fingerprint density at radius 1 is 1.35 bits per heavy atom. The van der Waals surface area contributed by atoms with Gasteiger partial charge in [-0.05, 0) is 24.7 Å². The zero-order valence-electron chi connectivity index (χ0n) is 10.7. The van der Waals surface area contributed by atoms with Gasteiger partial charge in [-0.2, -0.15) is 0 Å². The molecule has 0 radical (unpaired) electrons. The molecule has 0 aromatic heterocycles. The van der Waals surface area contributed by atoms with Crippen LogP contribution in [0.3, 0.4) is 0 Å². The van der Waals surface area contributed by atoms with Crippen molar-refractivity contribution in [2.24, 2.45) is 11.8 Å². The highest BCUT2D eigenvalue weighted by atomic mass is 16.3. The van der Waals surface area contributed by atoms with Crippen LogP contribution in [0.2, 0.25) is 0 Å². The van der Waals surface area contributed by atoms with E-state index in [2.05, 4.69) is 10.2 Å². The van der Waals surface area contributed by atoms with Gasteiger partial charge < -0.3 is 10.4 Å². The molecule has 2 fully saturated rings. The molecule has 1 amide bonds. The summed E-state index contributed by atoms with van der Waals surface area (Å²) in [6.07, 6.45) is 5.19. The van der Waals surface area contributed by atoms with E-state index >= 15 is 0 Å². The van der Waals surface area contributed by atoms with E-state index < -0.39 is 0 Å². The lowest BCUT2D eigenvalue weighted by Gasteiger charge is -2.37. The first-order valence-electron chi connectivity index (χ1n) is 6.77. The Hall–Kier alpha value is -0.610. The van der Waals surface area contributed by atoms with Gasteiger partial charge in [0.15, 0.2) is 0 Å². The molecule has 4 nitrogen and oxygen atoms in total. The maximum absolute atomic E-state index is 11.1. The third-order valence-electron chi connectivity index (χ3n) is 3.80. The van der Waals surface area contributed by atoms with Crippen molar-refractivity contribution in [1.82, 2.24) is 10.2 Å². The zero-order valence-corrected chi connectivity index (χ0v) is 10.7. The Morgan fingerprint density at radius 3 is 2.71 bits per heavy atom. The quantitative estimate of drug-likeness (QED) is 0.740. The monoisotopic (exact) mass is 240 g/mol. The molecule has 2 rings (SSSR count). The Bertz CT molecular complexity index is 266. The Balaban J connectivity index is 1.85. The number of nitrogens with zero attached hydrogens (tertiary/aromatic N) is 1. The molecule has 0 bridgehead atoms. The van der Waals surface area contributed by atoms with Crippen LogP contribution in [0.4, 0.5) is 0 Å². The first kappa shape index (κ1) is 12.8. The van der Waals surface area contributed by atoms with E-state index in [1.807, 2.05) is 0 Å². The minimum absolute atomic E-state index is 0.0611. The number of β-amino-alcohol motifs (C(OH)–C–C–N with tert-alkyl or cyclic N) is 1. The SMILES string of the molecule is CC(=O)NC1CC(CC2CC2)CN(CCO)C1. The molecule has 1 heterocycles. The molecule has 4 heteroatoms. The third-order valence-corrected chi connectivity index (χ3v) is 3.80. The lowest BCUT2D eigenvalue weighted by molar-refractivity contribution is -0.120. The van der Waals surface area contributed by atoms with Crippen LogP contribution in [-0.2, 0) is 4.79 Å². The van der Waals surface area contributed by atoms with Crippen molar-refractivity contribution in [3.8, 4) is 0 Å². The fourth-order valence-electron chi connectivity index (χ4n) is 3.01. The highest BCUT2D eigenvalue weighted by Crippen LogP contribution is 2.37. The van der Waals surface area contributed by atoms with Gasteiger partial charge in [-0.15, -0.1) is 0 Å². The summed E-state index contributed by atoms with van der Waals surface area (Å²) in [7, 11) is 0. The van der Waals surface area contributed by atoms with E-state index in [0.29, 0.717) is 5.92 Å². The van der Waals surface area contributed by atoms with Crippen LogP contribution in [-0.4, -0.2) is 48.2 Å². The molecule has 2 N–H and O–H groups in total. The minimum Gasteiger partial charge on any atom is -0.395 e. The molecule has 2 atom stereocenters. The summed E-state index contributed by atoms with van der Waals surface area (Å²) in [5, 5.41) is 12.1. The zero-order chi connectivity index (χ0) is 12.3. The van der Waals surface area contributed by atoms with Crippen molar-refractivity contribution < 1.29 is 9.90 Å². The first-order valence-corrected chi connectivity index (χ1v) is 6.77. The van der Waals surface area contributed by atoms with Crippen LogP contribution in [0.15, 0.2) is 0 Å². The summed E-state index contributed by atoms with van der Waals surface area (Å²) in [6.45, 7) is 4.51. The van der Waals surface area contributed by atoms with Crippen LogP contribution in [0.1, 0.15) is 32.6 Å². The fraction of sp³-hybridized carbons (Fsp3) is 0.923. The van der Waals surface area contributed by atoms with Gasteiger partial charge in [0.2, 0.25) is 5.91 Å². The largest absolute Gasteiger partial charge is 0.395 e. The lowest BCUT2D eigenvalue weighted by Crippen LogP contribution is -2.51. The van der Waals surface area contributed by atoms with E-state index in [9.17, 15) is 4.79 Å². The van der Waals surface area contributed by atoms with E-state index in [4.69, 9.17) is 5.11 Å². The highest BCUT2D eigenvalue weighted by molar-refractivity contribution is 5.73. The molecule has 1 saturated heterocycles. The van der Waals surface area contributed by atoms with Gasteiger partial charge in [0.25, 0.3) is 0 Å². The number of rotatable bonds is 5. The summed E-state index contributed by atoms with van der Waals surface area (Å²) < 4.78 is 0. The third kappa shape index (κ3) is 4.28. The molecule has 1 saturated carbocycles. The average Bonchev–Trinajstić information content (AvgIpc) is 3.00. The number of hydrogen-bond acceptors (Lipinski definition) is 3. The minimum atomic E-state index is 0.0611. The van der Waals surface area contributed by atoms with Crippen molar-refractivity contribution in [1.29, 1.82) is 0 Å². The summed E-state index contributed by atoms with van der Waals surface area (Å²) in [4.78, 5) is 13.4. The predicted octanol–water partition coefficient (Wildman–Crippen LogP) is 0.605. The molecule has 98 valence electrons. The van der Waals surface area contributed by atoms with Crippen LogP contribution < -0.4 is 5.32 Å². The number of aliphatic hydroxyl groups excluding tert-OH is 1. The van der Waals surface area contributed by atoms with Crippen molar-refractivity contribution in [3.63, 3.8) is 0 Å². The molecule has 2 unspecified atom stereocenters. The van der Waals surface area contributed by atoms with Gasteiger partial charge in [0.05, 0.1) is 6.61 Å². The fourth-order valence-corrected chi connectivity index (χ4v) is 3.01. The number of aliphatic hydroxyl groups is 1. The lowest BCUT2D eigenvalue weighted by atomic mass is 9.89. The molecule has 0 aromatic carbocycles. The summed E-state index contributed by atoms with van der Waals surface area (Å²) in [5.41, 5.74) is 0. The number of hydrogen-bond donors (Lipinski definition) is 2. The molecular weight excluding hydrogens is 216 g/mol. The van der Waals surface area contributed by atoms with Crippen molar-refractivity contribution in [2.45, 2.75) is 38.6 Å². The van der Waals surface area contributed by atoms with Crippen LogP contribution in [0, 0.1) is 11.8 Å². The van der Waals surface area contributed by atoms with Crippen molar-refractivity contribution in [3.05, 3.63) is 0 Å². The molecule has 2 aliphatic rings. The highest BCUT2D eigenvalue weighted by Gasteiger charge is 2.32. The standard InChI is InChI=1S/C13H24N2O2/c1-10(17)14-13-7-12(6-11-2-3-11)8-15(9-13)4-5-16/h11-13,16H,2-9H2,1H3,(H,14,17).